The fourth-order valence-corrected chi connectivity index (χ4v) is 7.88. The predicted molar refractivity (Wildman–Crippen MR) is 176 cm³/mol. The number of rotatable bonds is 13. The lowest BCUT2D eigenvalue weighted by atomic mass is 9.68. The summed E-state index contributed by atoms with van der Waals surface area (Å²) in [5, 5.41) is 0. The summed E-state index contributed by atoms with van der Waals surface area (Å²) in [7, 11) is 0. The zero-order valence-electron chi connectivity index (χ0n) is 26.9. The van der Waals surface area contributed by atoms with Crippen molar-refractivity contribution in [3.63, 3.8) is 0 Å². The summed E-state index contributed by atoms with van der Waals surface area (Å²) >= 11 is 0. The lowest BCUT2D eigenvalue weighted by Gasteiger charge is -2.38. The Morgan fingerprint density at radius 3 is 1.86 bits per heavy atom. The number of benzene rings is 3. The maximum absolute atomic E-state index is 15.4. The maximum atomic E-state index is 15.4. The molecule has 0 atom stereocenters. The molecule has 0 spiro atoms. The Kier molecular flexibility index (Phi) is 11.9. The lowest BCUT2D eigenvalue weighted by Crippen LogP contribution is -2.25. The number of halogens is 3. The van der Waals surface area contributed by atoms with Crippen molar-refractivity contribution < 1.29 is 17.9 Å². The average Bonchev–Trinajstić information content (AvgIpc) is 3.05. The summed E-state index contributed by atoms with van der Waals surface area (Å²) in [5.41, 5.74) is 3.08. The minimum absolute atomic E-state index is 0.0523. The first-order valence-corrected chi connectivity index (χ1v) is 17.5. The molecule has 3 aromatic carbocycles. The van der Waals surface area contributed by atoms with Crippen LogP contribution in [0.3, 0.4) is 0 Å². The fraction of sp³-hybridized carbons (Fsp3) is 0.550. The summed E-state index contributed by atoms with van der Waals surface area (Å²) in [6.45, 7) is 4.83. The van der Waals surface area contributed by atoms with Crippen molar-refractivity contribution in [2.75, 3.05) is 6.61 Å². The van der Waals surface area contributed by atoms with Crippen molar-refractivity contribution in [2.45, 2.75) is 116 Å². The average molecular weight is 605 g/mol. The first-order chi connectivity index (χ1) is 21.5. The SMILES string of the molecule is CCCCCCCOc1ccc(-c2ccc(-c3ccc(C4CCC(C5CCC(CCC)CC5)CC4)cc3F)cc2)c(F)c1F. The fourth-order valence-electron chi connectivity index (χ4n) is 7.88. The molecule has 3 aromatic rings. The molecule has 0 saturated heterocycles. The highest BCUT2D eigenvalue weighted by Crippen LogP contribution is 2.45. The normalized spacial score (nSPS) is 22.2. The highest BCUT2D eigenvalue weighted by Gasteiger charge is 2.31. The maximum Gasteiger partial charge on any atom is 0.201 e. The molecular weight excluding hydrogens is 553 g/mol. The molecular formula is C40H51F3O. The second kappa shape index (κ2) is 16.0. The first-order valence-electron chi connectivity index (χ1n) is 17.5. The van der Waals surface area contributed by atoms with E-state index in [-0.39, 0.29) is 17.1 Å². The zero-order chi connectivity index (χ0) is 30.9. The van der Waals surface area contributed by atoms with Crippen LogP contribution < -0.4 is 4.74 Å². The number of hydrogen-bond acceptors (Lipinski definition) is 1. The van der Waals surface area contributed by atoms with Gasteiger partial charge in [-0.1, -0.05) is 102 Å². The molecule has 0 aromatic heterocycles. The third-order valence-electron chi connectivity index (χ3n) is 10.6. The summed E-state index contributed by atoms with van der Waals surface area (Å²) in [6.07, 6.45) is 18.5. The van der Waals surface area contributed by atoms with E-state index < -0.39 is 11.6 Å². The minimum Gasteiger partial charge on any atom is -0.490 e. The van der Waals surface area contributed by atoms with Gasteiger partial charge in [0.05, 0.1) is 6.61 Å². The van der Waals surface area contributed by atoms with Crippen LogP contribution in [0.4, 0.5) is 13.2 Å². The van der Waals surface area contributed by atoms with E-state index in [1.165, 1.54) is 63.9 Å². The van der Waals surface area contributed by atoms with Crippen molar-refractivity contribution >= 4 is 0 Å². The Balaban J connectivity index is 1.16. The molecule has 0 N–H and O–H groups in total. The highest BCUT2D eigenvalue weighted by molar-refractivity contribution is 5.71. The van der Waals surface area contributed by atoms with Crippen molar-refractivity contribution in [1.29, 1.82) is 0 Å². The topological polar surface area (TPSA) is 9.23 Å². The molecule has 2 saturated carbocycles. The van der Waals surface area contributed by atoms with Crippen molar-refractivity contribution in [1.82, 2.24) is 0 Å². The molecule has 2 fully saturated rings. The molecule has 1 nitrogen and oxygen atoms in total. The van der Waals surface area contributed by atoms with E-state index in [9.17, 15) is 8.78 Å². The van der Waals surface area contributed by atoms with Gasteiger partial charge in [0.2, 0.25) is 5.82 Å². The van der Waals surface area contributed by atoms with Crippen LogP contribution in [0, 0.1) is 35.2 Å². The molecule has 0 heterocycles. The van der Waals surface area contributed by atoms with Crippen LogP contribution in [-0.4, -0.2) is 6.61 Å². The van der Waals surface area contributed by atoms with Crippen LogP contribution in [0.2, 0.25) is 0 Å². The van der Waals surface area contributed by atoms with Gasteiger partial charge in [-0.15, -0.1) is 0 Å². The van der Waals surface area contributed by atoms with E-state index in [2.05, 4.69) is 19.9 Å². The quantitative estimate of drug-likeness (QED) is 0.176. The number of unbranched alkanes of at least 4 members (excludes halogenated alkanes) is 4. The molecule has 44 heavy (non-hydrogen) atoms. The van der Waals surface area contributed by atoms with Crippen molar-refractivity contribution in [3.05, 3.63) is 77.6 Å². The Hall–Kier alpha value is -2.75. The van der Waals surface area contributed by atoms with E-state index in [0.29, 0.717) is 23.7 Å². The summed E-state index contributed by atoms with van der Waals surface area (Å²) in [5.74, 6) is 0.968. The summed E-state index contributed by atoms with van der Waals surface area (Å²) in [6, 6.07) is 15.8. The standard InChI is InChI=1S/C40H51F3O/c1-3-5-6-7-8-26-44-38-25-24-36(39(42)40(38)43)33-20-18-32(19-21-33)35-23-22-34(27-37(35)41)31-16-14-30(15-17-31)29-12-10-28(9-4-2)11-13-29/h18-25,27-31H,3-17,26H2,1-2H3. The Morgan fingerprint density at radius 1 is 0.614 bits per heavy atom. The molecule has 0 radical (unpaired) electrons. The predicted octanol–water partition coefficient (Wildman–Crippen LogP) is 12.7. The van der Waals surface area contributed by atoms with Gasteiger partial charge in [-0.2, -0.15) is 4.39 Å². The van der Waals surface area contributed by atoms with Crippen molar-refractivity contribution in [2.24, 2.45) is 17.8 Å². The third-order valence-corrected chi connectivity index (χ3v) is 10.6. The second-order valence-electron chi connectivity index (χ2n) is 13.5. The van der Waals surface area contributed by atoms with Crippen LogP contribution >= 0.6 is 0 Å². The molecule has 5 rings (SSSR count). The Bertz CT molecular complexity index is 1320. The molecule has 0 amide bonds. The Morgan fingerprint density at radius 2 is 1.23 bits per heavy atom. The minimum atomic E-state index is -0.963. The van der Waals surface area contributed by atoms with Crippen LogP contribution in [0.25, 0.3) is 22.3 Å². The van der Waals surface area contributed by atoms with E-state index in [1.54, 1.807) is 36.4 Å². The summed E-state index contributed by atoms with van der Waals surface area (Å²) < 4.78 is 50.7. The molecule has 0 unspecified atom stereocenters. The second-order valence-corrected chi connectivity index (χ2v) is 13.5. The monoisotopic (exact) mass is 604 g/mol. The van der Waals surface area contributed by atoms with Crippen LogP contribution in [0.1, 0.15) is 122 Å². The molecule has 0 bridgehead atoms. The molecule has 0 aliphatic heterocycles. The van der Waals surface area contributed by atoms with Crippen LogP contribution in [0.5, 0.6) is 5.75 Å². The molecule has 2 aliphatic carbocycles. The third kappa shape index (κ3) is 8.09. The Labute approximate surface area is 263 Å². The molecule has 2 aliphatic rings. The van der Waals surface area contributed by atoms with Gasteiger partial charge >= 0.3 is 0 Å². The van der Waals surface area contributed by atoms with E-state index in [0.717, 1.165) is 67.4 Å². The number of hydrogen-bond donors (Lipinski definition) is 0. The van der Waals surface area contributed by atoms with Gasteiger partial charge in [0.15, 0.2) is 11.6 Å². The number of ether oxygens (including phenoxy) is 1. The molecule has 238 valence electrons. The van der Waals surface area contributed by atoms with Gasteiger partial charge in [0, 0.05) is 11.1 Å². The smallest absolute Gasteiger partial charge is 0.201 e. The largest absolute Gasteiger partial charge is 0.490 e. The van der Waals surface area contributed by atoms with Gasteiger partial charge < -0.3 is 4.74 Å². The van der Waals surface area contributed by atoms with Gasteiger partial charge in [0.1, 0.15) is 5.82 Å². The van der Waals surface area contributed by atoms with Crippen molar-refractivity contribution in [3.8, 4) is 28.0 Å². The lowest BCUT2D eigenvalue weighted by molar-refractivity contribution is 0.156. The molecule has 4 heteroatoms. The van der Waals surface area contributed by atoms with Gasteiger partial charge in [-0.05, 0) is 104 Å². The van der Waals surface area contributed by atoms with Gasteiger partial charge in [0.25, 0.3) is 0 Å². The van der Waals surface area contributed by atoms with E-state index >= 15 is 4.39 Å². The van der Waals surface area contributed by atoms with E-state index in [1.807, 2.05) is 6.07 Å². The van der Waals surface area contributed by atoms with E-state index in [4.69, 9.17) is 4.74 Å². The highest BCUT2D eigenvalue weighted by atomic mass is 19.2. The van der Waals surface area contributed by atoms with Crippen LogP contribution in [-0.2, 0) is 0 Å². The van der Waals surface area contributed by atoms with Gasteiger partial charge in [-0.3, -0.25) is 0 Å². The van der Waals surface area contributed by atoms with Gasteiger partial charge in [-0.25, -0.2) is 8.78 Å². The first kappa shape index (κ1) is 32.6. The zero-order valence-corrected chi connectivity index (χ0v) is 26.9. The summed E-state index contributed by atoms with van der Waals surface area (Å²) in [4.78, 5) is 0. The van der Waals surface area contributed by atoms with Crippen LogP contribution in [0.15, 0.2) is 54.6 Å².